The Morgan fingerprint density at radius 1 is 1.26 bits per heavy atom. The van der Waals surface area contributed by atoms with Crippen molar-refractivity contribution in [3.05, 3.63) is 28.3 Å². The fourth-order valence-electron chi connectivity index (χ4n) is 2.69. The molecule has 2 atom stereocenters. The van der Waals surface area contributed by atoms with E-state index < -0.39 is 6.10 Å². The van der Waals surface area contributed by atoms with Crippen LogP contribution in [-0.4, -0.2) is 24.3 Å². The lowest BCUT2D eigenvalue weighted by Gasteiger charge is -2.24. The van der Waals surface area contributed by atoms with E-state index in [9.17, 15) is 5.11 Å². The molecule has 1 saturated carbocycles. The van der Waals surface area contributed by atoms with Gasteiger partial charge in [-0.1, -0.05) is 0 Å². The summed E-state index contributed by atoms with van der Waals surface area (Å²) < 4.78 is 5.43. The zero-order chi connectivity index (χ0) is 14.2. The highest BCUT2D eigenvalue weighted by atomic mass is 16.5. The average Bonchev–Trinajstić information content (AvgIpc) is 3.17. The number of methoxy groups -OCH3 is 1. The SMILES string of the molecule is COc1c(C)cc(C(O)C(C)NC2CC2)c(C)c1C. The molecule has 0 heterocycles. The molecule has 0 aliphatic heterocycles. The fraction of sp³-hybridized carbons (Fsp3) is 0.625. The molecule has 0 bridgehead atoms. The fourth-order valence-corrected chi connectivity index (χ4v) is 2.69. The van der Waals surface area contributed by atoms with Crippen LogP contribution in [0.1, 0.15) is 48.1 Å². The molecule has 1 aromatic carbocycles. The van der Waals surface area contributed by atoms with Crippen molar-refractivity contribution in [1.82, 2.24) is 5.32 Å². The zero-order valence-corrected chi connectivity index (χ0v) is 12.6. The average molecular weight is 263 g/mol. The third-order valence-electron chi connectivity index (χ3n) is 4.14. The molecular formula is C16H25NO2. The normalized spacial score (nSPS) is 18.2. The van der Waals surface area contributed by atoms with E-state index in [2.05, 4.69) is 32.2 Å². The summed E-state index contributed by atoms with van der Waals surface area (Å²) in [7, 11) is 1.70. The van der Waals surface area contributed by atoms with E-state index in [4.69, 9.17) is 4.74 Å². The van der Waals surface area contributed by atoms with Gasteiger partial charge in [0.25, 0.3) is 0 Å². The molecule has 1 fully saturated rings. The highest BCUT2D eigenvalue weighted by molar-refractivity contribution is 5.49. The van der Waals surface area contributed by atoms with E-state index >= 15 is 0 Å². The van der Waals surface area contributed by atoms with Crippen molar-refractivity contribution < 1.29 is 9.84 Å². The number of ether oxygens (including phenoxy) is 1. The minimum absolute atomic E-state index is 0.0818. The van der Waals surface area contributed by atoms with Crippen LogP contribution in [0.25, 0.3) is 0 Å². The van der Waals surface area contributed by atoms with Crippen LogP contribution in [-0.2, 0) is 0 Å². The van der Waals surface area contributed by atoms with Gasteiger partial charge in [-0.3, -0.25) is 0 Å². The third-order valence-corrected chi connectivity index (χ3v) is 4.14. The minimum atomic E-state index is -0.469. The second-order valence-electron chi connectivity index (χ2n) is 5.74. The molecule has 19 heavy (non-hydrogen) atoms. The van der Waals surface area contributed by atoms with Gasteiger partial charge in [0, 0.05) is 12.1 Å². The molecule has 106 valence electrons. The molecule has 2 unspecified atom stereocenters. The molecule has 3 heteroatoms. The zero-order valence-electron chi connectivity index (χ0n) is 12.6. The van der Waals surface area contributed by atoms with Gasteiger partial charge in [-0.05, 0) is 68.9 Å². The van der Waals surface area contributed by atoms with Gasteiger partial charge in [-0.15, -0.1) is 0 Å². The second kappa shape index (κ2) is 5.51. The number of aryl methyl sites for hydroxylation is 1. The van der Waals surface area contributed by atoms with Crippen LogP contribution < -0.4 is 10.1 Å². The molecular weight excluding hydrogens is 238 g/mol. The van der Waals surface area contributed by atoms with Crippen molar-refractivity contribution in [1.29, 1.82) is 0 Å². The number of hydrogen-bond acceptors (Lipinski definition) is 3. The first-order chi connectivity index (χ1) is 8.95. The highest BCUT2D eigenvalue weighted by Gasteiger charge is 2.27. The first-order valence-electron chi connectivity index (χ1n) is 7.04. The molecule has 0 spiro atoms. The van der Waals surface area contributed by atoms with Crippen molar-refractivity contribution in [2.24, 2.45) is 0 Å². The Morgan fingerprint density at radius 3 is 2.42 bits per heavy atom. The van der Waals surface area contributed by atoms with Crippen molar-refractivity contribution in [3.8, 4) is 5.75 Å². The van der Waals surface area contributed by atoms with Crippen LogP contribution in [0.3, 0.4) is 0 Å². The molecule has 0 amide bonds. The van der Waals surface area contributed by atoms with E-state index in [1.807, 2.05) is 6.92 Å². The summed E-state index contributed by atoms with van der Waals surface area (Å²) in [5.41, 5.74) is 4.34. The Morgan fingerprint density at radius 2 is 1.89 bits per heavy atom. The van der Waals surface area contributed by atoms with Gasteiger partial charge in [-0.25, -0.2) is 0 Å². The van der Waals surface area contributed by atoms with Gasteiger partial charge in [0.2, 0.25) is 0 Å². The van der Waals surface area contributed by atoms with Gasteiger partial charge in [-0.2, -0.15) is 0 Å². The standard InChI is InChI=1S/C16H25NO2/c1-9-8-14(10(2)11(3)16(9)19-5)15(18)12(4)17-13-6-7-13/h8,12-13,15,17-18H,6-7H2,1-5H3. The number of aliphatic hydroxyl groups excluding tert-OH is 1. The molecule has 2 N–H and O–H groups in total. The van der Waals surface area contributed by atoms with Gasteiger partial charge >= 0.3 is 0 Å². The molecule has 1 aliphatic rings. The highest BCUT2D eigenvalue weighted by Crippen LogP contribution is 2.33. The molecule has 1 aromatic rings. The summed E-state index contributed by atoms with van der Waals surface area (Å²) in [6.45, 7) is 8.19. The van der Waals surface area contributed by atoms with Gasteiger partial charge < -0.3 is 15.2 Å². The monoisotopic (exact) mass is 263 g/mol. The number of benzene rings is 1. The predicted octanol–water partition coefficient (Wildman–Crippen LogP) is 2.79. The van der Waals surface area contributed by atoms with Crippen molar-refractivity contribution >= 4 is 0 Å². The number of hydrogen-bond donors (Lipinski definition) is 2. The quantitative estimate of drug-likeness (QED) is 0.858. The van der Waals surface area contributed by atoms with E-state index in [0.29, 0.717) is 6.04 Å². The summed E-state index contributed by atoms with van der Waals surface area (Å²) in [5.74, 6) is 0.927. The van der Waals surface area contributed by atoms with Crippen molar-refractivity contribution in [2.45, 2.75) is 58.7 Å². The summed E-state index contributed by atoms with van der Waals surface area (Å²) in [6, 6.07) is 2.74. The Labute approximate surface area is 116 Å². The van der Waals surface area contributed by atoms with Gasteiger partial charge in [0.15, 0.2) is 0 Å². The molecule has 1 aliphatic carbocycles. The van der Waals surface area contributed by atoms with Crippen LogP contribution in [0.2, 0.25) is 0 Å². The summed E-state index contributed by atoms with van der Waals surface area (Å²) in [4.78, 5) is 0. The van der Waals surface area contributed by atoms with E-state index in [0.717, 1.165) is 28.0 Å². The van der Waals surface area contributed by atoms with Crippen molar-refractivity contribution in [3.63, 3.8) is 0 Å². The third kappa shape index (κ3) is 2.93. The smallest absolute Gasteiger partial charge is 0.124 e. The Kier molecular flexibility index (Phi) is 4.16. The molecule has 0 saturated heterocycles. The Balaban J connectivity index is 2.27. The van der Waals surface area contributed by atoms with E-state index in [-0.39, 0.29) is 6.04 Å². The second-order valence-corrected chi connectivity index (χ2v) is 5.74. The van der Waals surface area contributed by atoms with Crippen molar-refractivity contribution in [2.75, 3.05) is 7.11 Å². The summed E-state index contributed by atoms with van der Waals surface area (Å²) in [5, 5.41) is 14.0. The number of aliphatic hydroxyl groups is 1. The Hall–Kier alpha value is -1.06. The maximum Gasteiger partial charge on any atom is 0.124 e. The molecule has 0 aromatic heterocycles. The maximum absolute atomic E-state index is 10.6. The topological polar surface area (TPSA) is 41.5 Å². The van der Waals surface area contributed by atoms with Crippen LogP contribution in [0.4, 0.5) is 0 Å². The van der Waals surface area contributed by atoms with Crippen LogP contribution in [0.15, 0.2) is 6.07 Å². The summed E-state index contributed by atoms with van der Waals surface area (Å²) >= 11 is 0. The largest absolute Gasteiger partial charge is 0.496 e. The first-order valence-corrected chi connectivity index (χ1v) is 7.04. The van der Waals surface area contributed by atoms with Crippen LogP contribution >= 0.6 is 0 Å². The van der Waals surface area contributed by atoms with E-state index in [1.165, 1.54) is 12.8 Å². The lowest BCUT2D eigenvalue weighted by atomic mass is 9.92. The predicted molar refractivity (Wildman–Crippen MR) is 77.8 cm³/mol. The molecule has 0 radical (unpaired) electrons. The maximum atomic E-state index is 10.6. The van der Waals surface area contributed by atoms with Gasteiger partial charge in [0.1, 0.15) is 5.75 Å². The Bertz CT molecular complexity index is 466. The van der Waals surface area contributed by atoms with E-state index in [1.54, 1.807) is 7.11 Å². The lowest BCUT2D eigenvalue weighted by molar-refractivity contribution is 0.134. The van der Waals surface area contributed by atoms with Crippen LogP contribution in [0.5, 0.6) is 5.75 Å². The first kappa shape index (κ1) is 14.4. The minimum Gasteiger partial charge on any atom is -0.496 e. The summed E-state index contributed by atoms with van der Waals surface area (Å²) in [6.07, 6.45) is 2.00. The lowest BCUT2D eigenvalue weighted by Crippen LogP contribution is -2.34. The van der Waals surface area contributed by atoms with Crippen LogP contribution in [0, 0.1) is 20.8 Å². The van der Waals surface area contributed by atoms with Gasteiger partial charge in [0.05, 0.1) is 13.2 Å². The molecule has 2 rings (SSSR count). The number of nitrogens with one attached hydrogen (secondary N) is 1. The molecule has 3 nitrogen and oxygen atoms in total. The number of rotatable bonds is 5.